The van der Waals surface area contributed by atoms with Gasteiger partial charge in [0, 0.05) is 41.8 Å². The number of hydrogen-bond donors (Lipinski definition) is 0. The van der Waals surface area contributed by atoms with Crippen molar-refractivity contribution in [2.24, 2.45) is 5.92 Å². The molecule has 2 aliphatic heterocycles. The summed E-state index contributed by atoms with van der Waals surface area (Å²) in [6.07, 6.45) is 4.05. The Morgan fingerprint density at radius 1 is 1.17 bits per heavy atom. The Hall–Kier alpha value is -1.11. The Balaban J connectivity index is 1.68. The van der Waals surface area contributed by atoms with E-state index in [-0.39, 0.29) is 24.0 Å². The van der Waals surface area contributed by atoms with Gasteiger partial charge in [-0.1, -0.05) is 18.6 Å². The highest BCUT2D eigenvalue weighted by molar-refractivity contribution is 8.13. The summed E-state index contributed by atoms with van der Waals surface area (Å²) in [7, 11) is 1.75. The highest BCUT2D eigenvalue weighted by Gasteiger charge is 2.33. The van der Waals surface area contributed by atoms with Gasteiger partial charge in [0.1, 0.15) is 0 Å². The van der Waals surface area contributed by atoms with E-state index in [2.05, 4.69) is 11.0 Å². The third-order valence-corrected chi connectivity index (χ3v) is 5.96. The van der Waals surface area contributed by atoms with Gasteiger partial charge in [0.2, 0.25) is 15.0 Å². The molecule has 132 valence electrons. The number of anilines is 1. The zero-order chi connectivity index (χ0) is 17.2. The number of nitrogens with zero attached hydrogens (tertiary/aromatic N) is 2. The van der Waals surface area contributed by atoms with Crippen LogP contribution < -0.4 is 4.90 Å². The monoisotopic (exact) mass is 370 g/mol. The average Bonchev–Trinajstić information content (AvgIpc) is 2.87. The molecule has 1 unspecified atom stereocenters. The number of rotatable bonds is 5. The molecule has 2 heterocycles. The number of carbonyl (C=O) groups is 1. The Labute approximate surface area is 148 Å². The van der Waals surface area contributed by atoms with Crippen LogP contribution in [0.5, 0.6) is 0 Å². The Morgan fingerprint density at radius 3 is 2.62 bits per heavy atom. The predicted octanol–water partition coefficient (Wildman–Crippen LogP) is 2.59. The number of likely N-dealkylation sites (tertiary alicyclic amines) is 1. The quantitative estimate of drug-likeness (QED) is 0.747. The van der Waals surface area contributed by atoms with Gasteiger partial charge >= 0.3 is 0 Å². The fourth-order valence-corrected chi connectivity index (χ4v) is 4.94. The van der Waals surface area contributed by atoms with Gasteiger partial charge in [-0.05, 0) is 43.6 Å². The summed E-state index contributed by atoms with van der Waals surface area (Å²) in [6.45, 7) is 3.57. The molecule has 2 fully saturated rings. The van der Waals surface area contributed by atoms with Crippen LogP contribution in [0.25, 0.3) is 0 Å². The maximum absolute atomic E-state index is 12.2. The summed E-state index contributed by atoms with van der Waals surface area (Å²) in [5, 5.41) is 0. The first-order valence-corrected chi connectivity index (χ1v) is 10.9. The van der Waals surface area contributed by atoms with Crippen LogP contribution in [0.2, 0.25) is 0 Å². The van der Waals surface area contributed by atoms with E-state index in [1.54, 1.807) is 4.90 Å². The van der Waals surface area contributed by atoms with Crippen LogP contribution in [0, 0.1) is 5.92 Å². The number of halogens is 1. The first-order chi connectivity index (χ1) is 11.4. The van der Waals surface area contributed by atoms with E-state index >= 15 is 0 Å². The van der Waals surface area contributed by atoms with E-state index in [0.717, 1.165) is 25.3 Å². The van der Waals surface area contributed by atoms with Crippen LogP contribution in [-0.2, 0) is 20.4 Å². The molecule has 0 N–H and O–H groups in total. The Bertz CT molecular complexity index is 702. The van der Waals surface area contributed by atoms with Crippen molar-refractivity contribution in [3.05, 3.63) is 29.8 Å². The molecule has 24 heavy (non-hydrogen) atoms. The lowest BCUT2D eigenvalue weighted by Crippen LogP contribution is -2.29. The number of carbonyl (C=O) groups excluding carboxylic acids is 1. The van der Waals surface area contributed by atoms with Crippen LogP contribution in [0.4, 0.5) is 5.69 Å². The normalized spacial score (nSPS) is 23.0. The molecule has 1 aromatic rings. The molecular weight excluding hydrogens is 348 g/mol. The molecule has 1 amide bonds. The molecule has 0 aromatic heterocycles. The fourth-order valence-electron chi connectivity index (χ4n) is 3.62. The van der Waals surface area contributed by atoms with Gasteiger partial charge in [-0.2, -0.15) is 0 Å². The lowest BCUT2D eigenvalue weighted by molar-refractivity contribution is -0.117. The molecule has 1 aromatic carbocycles. The first-order valence-electron chi connectivity index (χ1n) is 8.45. The summed E-state index contributed by atoms with van der Waals surface area (Å²) in [5.74, 6) is -0.411. The molecule has 3 rings (SSSR count). The number of benzene rings is 1. The van der Waals surface area contributed by atoms with Gasteiger partial charge in [-0.25, -0.2) is 8.42 Å². The van der Waals surface area contributed by atoms with Crippen molar-refractivity contribution in [1.82, 2.24) is 4.90 Å². The summed E-state index contributed by atoms with van der Waals surface area (Å²) in [6, 6.07) is 8.01. The second-order valence-corrected chi connectivity index (χ2v) is 9.61. The second-order valence-electron chi connectivity index (χ2n) is 6.79. The smallest absolute Gasteiger partial charge is 0.232 e. The van der Waals surface area contributed by atoms with Gasteiger partial charge in [0.15, 0.2) is 0 Å². The van der Waals surface area contributed by atoms with Crippen molar-refractivity contribution in [2.75, 3.05) is 30.3 Å². The molecule has 0 radical (unpaired) electrons. The second kappa shape index (κ2) is 7.42. The molecular formula is C17H23ClN2O3S. The Morgan fingerprint density at radius 2 is 1.92 bits per heavy atom. The lowest BCUT2D eigenvalue weighted by atomic mass is 10.1. The number of piperidine rings is 1. The average molecular weight is 371 g/mol. The van der Waals surface area contributed by atoms with E-state index < -0.39 is 9.05 Å². The molecule has 2 saturated heterocycles. The van der Waals surface area contributed by atoms with Crippen LogP contribution in [0.1, 0.15) is 31.2 Å². The third-order valence-electron chi connectivity index (χ3n) is 4.72. The van der Waals surface area contributed by atoms with Gasteiger partial charge in [-0.15, -0.1) is 0 Å². The molecule has 0 aliphatic carbocycles. The summed E-state index contributed by atoms with van der Waals surface area (Å²) >= 11 is 0. The minimum atomic E-state index is -3.58. The molecule has 0 spiro atoms. The first kappa shape index (κ1) is 17.7. The van der Waals surface area contributed by atoms with E-state index in [0.29, 0.717) is 6.54 Å². The topological polar surface area (TPSA) is 57.7 Å². The van der Waals surface area contributed by atoms with Gasteiger partial charge in [0.25, 0.3) is 0 Å². The molecule has 2 aliphatic rings. The van der Waals surface area contributed by atoms with Gasteiger partial charge in [0.05, 0.1) is 5.75 Å². The van der Waals surface area contributed by atoms with Crippen molar-refractivity contribution in [1.29, 1.82) is 0 Å². The fraction of sp³-hybridized carbons (Fsp3) is 0.588. The number of hydrogen-bond acceptors (Lipinski definition) is 4. The van der Waals surface area contributed by atoms with Crippen molar-refractivity contribution in [3.8, 4) is 0 Å². The van der Waals surface area contributed by atoms with Crippen molar-refractivity contribution in [3.63, 3.8) is 0 Å². The zero-order valence-electron chi connectivity index (χ0n) is 13.7. The third kappa shape index (κ3) is 4.71. The van der Waals surface area contributed by atoms with E-state index in [1.165, 1.54) is 24.8 Å². The van der Waals surface area contributed by atoms with Crippen molar-refractivity contribution >= 4 is 31.3 Å². The van der Waals surface area contributed by atoms with Crippen molar-refractivity contribution in [2.45, 2.75) is 32.2 Å². The summed E-state index contributed by atoms with van der Waals surface area (Å²) in [5.41, 5.74) is 2.04. The molecule has 0 bridgehead atoms. The van der Waals surface area contributed by atoms with Crippen LogP contribution in [-0.4, -0.2) is 44.6 Å². The summed E-state index contributed by atoms with van der Waals surface area (Å²) in [4.78, 5) is 16.4. The molecule has 0 saturated carbocycles. The maximum Gasteiger partial charge on any atom is 0.232 e. The van der Waals surface area contributed by atoms with E-state index in [9.17, 15) is 13.2 Å². The molecule has 7 heteroatoms. The SMILES string of the molecule is O=C1CC(CS(=O)(=O)Cl)CN1c1cccc(CN2CCCCC2)c1. The minimum Gasteiger partial charge on any atom is -0.312 e. The van der Waals surface area contributed by atoms with E-state index in [4.69, 9.17) is 10.7 Å². The standard InChI is InChI=1S/C17H23ClN2O3S/c18-24(22,23)13-15-10-17(21)20(12-15)16-6-4-5-14(9-16)11-19-7-2-1-3-8-19/h4-6,9,15H,1-3,7-8,10-13H2. The van der Waals surface area contributed by atoms with E-state index in [1.807, 2.05) is 18.2 Å². The van der Waals surface area contributed by atoms with Crippen LogP contribution >= 0.6 is 10.7 Å². The highest BCUT2D eigenvalue weighted by Crippen LogP contribution is 2.27. The van der Waals surface area contributed by atoms with Gasteiger partial charge in [-0.3, -0.25) is 9.69 Å². The van der Waals surface area contributed by atoms with Gasteiger partial charge < -0.3 is 4.90 Å². The maximum atomic E-state index is 12.2. The largest absolute Gasteiger partial charge is 0.312 e. The highest BCUT2D eigenvalue weighted by atomic mass is 35.7. The zero-order valence-corrected chi connectivity index (χ0v) is 15.2. The van der Waals surface area contributed by atoms with Crippen LogP contribution in [0.15, 0.2) is 24.3 Å². The minimum absolute atomic E-state index is 0.0320. The number of amides is 1. The molecule has 5 nitrogen and oxygen atoms in total. The lowest BCUT2D eigenvalue weighted by Gasteiger charge is -2.27. The van der Waals surface area contributed by atoms with Crippen LogP contribution in [0.3, 0.4) is 0 Å². The summed E-state index contributed by atoms with van der Waals surface area (Å²) < 4.78 is 22.5. The molecule has 1 atom stereocenters. The predicted molar refractivity (Wildman–Crippen MR) is 95.7 cm³/mol. The van der Waals surface area contributed by atoms with Crippen molar-refractivity contribution < 1.29 is 13.2 Å². The Kier molecular flexibility index (Phi) is 5.47.